The molecular formula is C11H20N4O. The van der Waals surface area contributed by atoms with Gasteiger partial charge in [-0.3, -0.25) is 4.90 Å². The zero-order chi connectivity index (χ0) is 11.4. The van der Waals surface area contributed by atoms with Crippen LogP contribution in [0.5, 0.6) is 0 Å². The Bertz CT molecular complexity index is 301. The van der Waals surface area contributed by atoms with Crippen molar-refractivity contribution in [2.75, 3.05) is 13.1 Å². The Morgan fingerprint density at radius 2 is 2.44 bits per heavy atom. The van der Waals surface area contributed by atoms with Crippen molar-refractivity contribution in [1.82, 2.24) is 15.0 Å². The lowest BCUT2D eigenvalue weighted by atomic mass is 10.0. The van der Waals surface area contributed by atoms with Gasteiger partial charge in [-0.05, 0) is 31.8 Å². The highest BCUT2D eigenvalue weighted by atomic mass is 16.5. The predicted molar refractivity (Wildman–Crippen MR) is 60.6 cm³/mol. The Labute approximate surface area is 96.0 Å². The van der Waals surface area contributed by atoms with E-state index in [-0.39, 0.29) is 0 Å². The molecule has 1 aromatic rings. The Hall–Kier alpha value is -0.940. The fraction of sp³-hybridized carbons (Fsp3) is 0.818. The fourth-order valence-electron chi connectivity index (χ4n) is 2.68. The molecule has 1 aromatic heterocycles. The topological polar surface area (TPSA) is 68.2 Å². The molecule has 0 saturated heterocycles. The molecule has 0 aromatic carbocycles. The highest BCUT2D eigenvalue weighted by Crippen LogP contribution is 2.29. The van der Waals surface area contributed by atoms with Gasteiger partial charge in [0.1, 0.15) is 0 Å². The van der Waals surface area contributed by atoms with Crippen molar-refractivity contribution in [3.8, 4) is 0 Å². The lowest BCUT2D eigenvalue weighted by Crippen LogP contribution is -2.40. The van der Waals surface area contributed by atoms with E-state index in [9.17, 15) is 0 Å². The van der Waals surface area contributed by atoms with Crippen molar-refractivity contribution in [2.24, 2.45) is 11.7 Å². The van der Waals surface area contributed by atoms with E-state index in [0.717, 1.165) is 25.5 Å². The van der Waals surface area contributed by atoms with Gasteiger partial charge in [0.15, 0.2) is 5.82 Å². The molecule has 1 aliphatic carbocycles. The van der Waals surface area contributed by atoms with E-state index in [1.165, 1.54) is 25.7 Å². The van der Waals surface area contributed by atoms with Crippen LogP contribution in [0.4, 0.5) is 0 Å². The van der Waals surface area contributed by atoms with Crippen LogP contribution in [-0.4, -0.2) is 34.2 Å². The minimum absolute atomic E-state index is 0.591. The van der Waals surface area contributed by atoms with Crippen molar-refractivity contribution in [2.45, 2.75) is 38.8 Å². The Balaban J connectivity index is 1.98. The summed E-state index contributed by atoms with van der Waals surface area (Å²) in [5, 5.41) is 3.87. The fourth-order valence-corrected chi connectivity index (χ4v) is 2.68. The summed E-state index contributed by atoms with van der Waals surface area (Å²) in [7, 11) is 0. The summed E-state index contributed by atoms with van der Waals surface area (Å²) >= 11 is 0. The van der Waals surface area contributed by atoms with Gasteiger partial charge in [0.2, 0.25) is 6.39 Å². The summed E-state index contributed by atoms with van der Waals surface area (Å²) in [5.74, 6) is 1.40. The van der Waals surface area contributed by atoms with Gasteiger partial charge in [-0.1, -0.05) is 18.5 Å². The maximum Gasteiger partial charge on any atom is 0.213 e. The van der Waals surface area contributed by atoms with Crippen LogP contribution in [0.15, 0.2) is 10.9 Å². The first-order valence-corrected chi connectivity index (χ1v) is 6.04. The van der Waals surface area contributed by atoms with Gasteiger partial charge >= 0.3 is 0 Å². The maximum atomic E-state index is 5.81. The predicted octanol–water partition coefficient (Wildman–Crippen LogP) is 1.02. The standard InChI is InChI=1S/C11H20N4O/c1-2-15(7-11-13-8-16-14-11)10-5-3-4-9(10)6-12/h8-10H,2-7,12H2,1H3. The van der Waals surface area contributed by atoms with Crippen LogP contribution in [0.2, 0.25) is 0 Å². The Morgan fingerprint density at radius 1 is 1.56 bits per heavy atom. The third kappa shape index (κ3) is 2.41. The van der Waals surface area contributed by atoms with Crippen molar-refractivity contribution in [3.63, 3.8) is 0 Å². The molecule has 1 fully saturated rings. The largest absolute Gasteiger partial charge is 0.343 e. The van der Waals surface area contributed by atoms with Gasteiger partial charge in [0.25, 0.3) is 0 Å². The first-order chi connectivity index (χ1) is 7.85. The van der Waals surface area contributed by atoms with E-state index in [1.54, 1.807) is 0 Å². The van der Waals surface area contributed by atoms with E-state index in [1.807, 2.05) is 0 Å². The molecule has 0 radical (unpaired) electrons. The van der Waals surface area contributed by atoms with Crippen LogP contribution in [-0.2, 0) is 6.54 Å². The highest BCUT2D eigenvalue weighted by Gasteiger charge is 2.30. The number of hydrogen-bond acceptors (Lipinski definition) is 5. The van der Waals surface area contributed by atoms with Crippen LogP contribution in [0, 0.1) is 5.92 Å². The molecule has 2 N–H and O–H groups in total. The molecule has 5 heteroatoms. The maximum absolute atomic E-state index is 5.81. The number of rotatable bonds is 5. The molecule has 90 valence electrons. The molecule has 1 saturated carbocycles. The molecule has 1 aliphatic rings. The SMILES string of the molecule is CCN(Cc1ncon1)C1CCCC1CN. The molecule has 0 bridgehead atoms. The zero-order valence-corrected chi connectivity index (χ0v) is 9.80. The molecule has 2 unspecified atom stereocenters. The quantitative estimate of drug-likeness (QED) is 0.808. The lowest BCUT2D eigenvalue weighted by molar-refractivity contribution is 0.156. The number of aromatic nitrogens is 2. The zero-order valence-electron chi connectivity index (χ0n) is 9.80. The van der Waals surface area contributed by atoms with Crippen molar-refractivity contribution >= 4 is 0 Å². The van der Waals surface area contributed by atoms with Gasteiger partial charge in [-0.25, -0.2) is 0 Å². The minimum atomic E-state index is 0.591. The van der Waals surface area contributed by atoms with E-state index < -0.39 is 0 Å². The van der Waals surface area contributed by atoms with Crippen LogP contribution in [0.3, 0.4) is 0 Å². The van der Waals surface area contributed by atoms with Crippen LogP contribution >= 0.6 is 0 Å². The third-order valence-corrected chi connectivity index (χ3v) is 3.55. The van der Waals surface area contributed by atoms with Crippen LogP contribution in [0.25, 0.3) is 0 Å². The Kier molecular flexibility index (Phi) is 3.90. The first kappa shape index (κ1) is 11.5. The lowest BCUT2D eigenvalue weighted by Gasteiger charge is -2.30. The summed E-state index contributed by atoms with van der Waals surface area (Å²) in [4.78, 5) is 6.49. The number of nitrogens with two attached hydrogens (primary N) is 1. The van der Waals surface area contributed by atoms with Gasteiger partial charge < -0.3 is 10.3 Å². The molecule has 16 heavy (non-hydrogen) atoms. The average Bonchev–Trinajstić information content (AvgIpc) is 2.96. The van der Waals surface area contributed by atoms with E-state index >= 15 is 0 Å². The second-order valence-electron chi connectivity index (χ2n) is 4.40. The third-order valence-electron chi connectivity index (χ3n) is 3.55. The normalized spacial score (nSPS) is 25.4. The van der Waals surface area contributed by atoms with Gasteiger partial charge in [0, 0.05) is 6.04 Å². The Morgan fingerprint density at radius 3 is 3.06 bits per heavy atom. The van der Waals surface area contributed by atoms with E-state index in [2.05, 4.69) is 22.0 Å². The smallest absolute Gasteiger partial charge is 0.213 e. The molecule has 1 heterocycles. The molecule has 0 spiro atoms. The van der Waals surface area contributed by atoms with Gasteiger partial charge in [-0.2, -0.15) is 4.98 Å². The molecule has 5 nitrogen and oxygen atoms in total. The highest BCUT2D eigenvalue weighted by molar-refractivity contribution is 4.88. The molecule has 0 amide bonds. The number of nitrogens with zero attached hydrogens (tertiary/aromatic N) is 3. The summed E-state index contributed by atoms with van der Waals surface area (Å²) in [6, 6.07) is 0.591. The molecule has 2 rings (SSSR count). The second-order valence-corrected chi connectivity index (χ2v) is 4.40. The van der Waals surface area contributed by atoms with Crippen LogP contribution in [0.1, 0.15) is 32.0 Å². The summed E-state index contributed by atoms with van der Waals surface area (Å²) in [5.41, 5.74) is 5.81. The van der Waals surface area contributed by atoms with Gasteiger partial charge in [0.05, 0.1) is 6.54 Å². The van der Waals surface area contributed by atoms with Crippen molar-refractivity contribution in [3.05, 3.63) is 12.2 Å². The van der Waals surface area contributed by atoms with Crippen molar-refractivity contribution < 1.29 is 4.52 Å². The summed E-state index contributed by atoms with van der Waals surface area (Å²) < 4.78 is 4.76. The van der Waals surface area contributed by atoms with Gasteiger partial charge in [-0.15, -0.1) is 0 Å². The summed E-state index contributed by atoms with van der Waals surface area (Å²) in [6.45, 7) is 4.74. The monoisotopic (exact) mass is 224 g/mol. The van der Waals surface area contributed by atoms with E-state index in [0.29, 0.717) is 12.0 Å². The first-order valence-electron chi connectivity index (χ1n) is 6.04. The van der Waals surface area contributed by atoms with Crippen molar-refractivity contribution in [1.29, 1.82) is 0 Å². The minimum Gasteiger partial charge on any atom is -0.343 e. The second kappa shape index (κ2) is 5.41. The molecule has 2 atom stereocenters. The number of hydrogen-bond donors (Lipinski definition) is 1. The molecule has 0 aliphatic heterocycles. The summed E-state index contributed by atoms with van der Waals surface area (Å²) in [6.07, 6.45) is 5.17. The van der Waals surface area contributed by atoms with Crippen LogP contribution < -0.4 is 5.73 Å². The average molecular weight is 224 g/mol. The molecular weight excluding hydrogens is 204 g/mol. The van der Waals surface area contributed by atoms with E-state index in [4.69, 9.17) is 10.3 Å².